The van der Waals surface area contributed by atoms with Gasteiger partial charge in [-0.05, 0) is 47.8 Å². The van der Waals surface area contributed by atoms with Crippen molar-refractivity contribution in [1.82, 2.24) is 35.3 Å². The van der Waals surface area contributed by atoms with Crippen LogP contribution in [-0.2, 0) is 0 Å². The van der Waals surface area contributed by atoms with E-state index in [1.807, 2.05) is 47.8 Å². The molecule has 184 valence electrons. The molecule has 4 N–H and O–H groups in total. The summed E-state index contributed by atoms with van der Waals surface area (Å²) in [6.45, 7) is 0. The van der Waals surface area contributed by atoms with Crippen LogP contribution in [0.3, 0.4) is 0 Å². The van der Waals surface area contributed by atoms with Gasteiger partial charge in [0.1, 0.15) is 5.69 Å². The van der Waals surface area contributed by atoms with Gasteiger partial charge in [0.2, 0.25) is 0 Å². The first-order valence-corrected chi connectivity index (χ1v) is 12.7. The SMILES string of the molecule is O=C(Nc1ccnnc1Cl)c1cc2ccc(-c3nc(Nc4ccc5[nH]ncc5c4)c4sccc4n3)cc2[nH]1. The topological polar surface area (TPSA) is 137 Å². The van der Waals surface area contributed by atoms with Crippen LogP contribution in [0.5, 0.6) is 0 Å². The highest BCUT2D eigenvalue weighted by Crippen LogP contribution is 2.32. The third-order valence-electron chi connectivity index (χ3n) is 6.06. The number of nitrogens with one attached hydrogen (secondary N) is 4. The molecule has 1 amide bonds. The molecule has 0 aliphatic heterocycles. The Labute approximate surface area is 223 Å². The van der Waals surface area contributed by atoms with Gasteiger partial charge < -0.3 is 15.6 Å². The summed E-state index contributed by atoms with van der Waals surface area (Å²) in [5.74, 6) is 0.951. The minimum absolute atomic E-state index is 0.120. The lowest BCUT2D eigenvalue weighted by Crippen LogP contribution is -2.13. The first kappa shape index (κ1) is 22.3. The Balaban J connectivity index is 1.23. The standard InChI is InChI=1S/C26H16ClN9OS/c27-23-19(5-7-28-36-23)33-26(37)21-10-13-1-2-14(11-20(13)31-21)24-32-18-6-8-38-22(18)25(34-24)30-16-3-4-17-15(9-16)12-29-35-17/h1-12,31H,(H,29,35)(H,28,33,37)(H,30,32,34). The molecule has 0 spiro atoms. The fourth-order valence-corrected chi connectivity index (χ4v) is 5.15. The highest BCUT2D eigenvalue weighted by Gasteiger charge is 2.15. The Morgan fingerprint density at radius 2 is 1.92 bits per heavy atom. The van der Waals surface area contributed by atoms with E-state index in [4.69, 9.17) is 21.6 Å². The molecule has 0 bridgehead atoms. The minimum Gasteiger partial charge on any atom is -0.350 e. The van der Waals surface area contributed by atoms with Crippen LogP contribution in [0.4, 0.5) is 17.2 Å². The van der Waals surface area contributed by atoms with E-state index in [0.717, 1.165) is 49.1 Å². The van der Waals surface area contributed by atoms with Gasteiger partial charge in [0.15, 0.2) is 16.8 Å². The molecule has 7 aromatic rings. The minimum atomic E-state index is -0.338. The predicted octanol–water partition coefficient (Wildman–Crippen LogP) is 6.16. The summed E-state index contributed by atoms with van der Waals surface area (Å²) in [5, 5.41) is 24.7. The van der Waals surface area contributed by atoms with Crippen LogP contribution < -0.4 is 10.6 Å². The Hall–Kier alpha value is -4.87. The first-order valence-electron chi connectivity index (χ1n) is 11.5. The van der Waals surface area contributed by atoms with Gasteiger partial charge in [-0.1, -0.05) is 23.7 Å². The molecule has 0 saturated heterocycles. The zero-order valence-electron chi connectivity index (χ0n) is 19.4. The van der Waals surface area contributed by atoms with E-state index >= 15 is 0 Å². The van der Waals surface area contributed by atoms with Crippen molar-refractivity contribution in [2.45, 2.75) is 0 Å². The number of benzene rings is 2. The summed E-state index contributed by atoms with van der Waals surface area (Å²) < 4.78 is 0.963. The molecule has 0 fully saturated rings. The van der Waals surface area contributed by atoms with Crippen LogP contribution in [-0.4, -0.2) is 41.3 Å². The number of nitrogens with zero attached hydrogens (tertiary/aromatic N) is 5. The van der Waals surface area contributed by atoms with Gasteiger partial charge in [-0.25, -0.2) is 9.97 Å². The number of fused-ring (bicyclic) bond motifs is 3. The number of aromatic nitrogens is 7. The van der Waals surface area contributed by atoms with E-state index in [2.05, 4.69) is 36.0 Å². The van der Waals surface area contributed by atoms with Crippen molar-refractivity contribution in [3.05, 3.63) is 83.2 Å². The zero-order chi connectivity index (χ0) is 25.6. The van der Waals surface area contributed by atoms with E-state index in [1.165, 1.54) is 6.20 Å². The molecule has 0 atom stereocenters. The number of thiophene rings is 1. The van der Waals surface area contributed by atoms with Crippen molar-refractivity contribution < 1.29 is 4.79 Å². The van der Waals surface area contributed by atoms with E-state index in [9.17, 15) is 4.79 Å². The Bertz CT molecular complexity index is 1990. The second-order valence-corrected chi connectivity index (χ2v) is 9.78. The molecule has 12 heteroatoms. The summed E-state index contributed by atoms with van der Waals surface area (Å²) in [7, 11) is 0. The van der Waals surface area contributed by atoms with E-state index in [-0.39, 0.29) is 11.1 Å². The maximum atomic E-state index is 12.8. The summed E-state index contributed by atoms with van der Waals surface area (Å²) in [5.41, 5.74) is 5.08. The maximum absolute atomic E-state index is 12.8. The van der Waals surface area contributed by atoms with E-state index in [0.29, 0.717) is 17.2 Å². The number of hydrogen-bond acceptors (Lipinski definition) is 8. The Morgan fingerprint density at radius 3 is 2.84 bits per heavy atom. The number of carbonyl (C=O) groups excluding carboxylic acids is 1. The molecule has 0 saturated carbocycles. The largest absolute Gasteiger partial charge is 0.350 e. The average Bonchev–Trinajstić information content (AvgIpc) is 3.68. The molecule has 0 aliphatic carbocycles. The summed E-state index contributed by atoms with van der Waals surface area (Å²) in [6, 6.07) is 17.1. The van der Waals surface area contributed by atoms with Crippen molar-refractivity contribution in [3.8, 4) is 11.4 Å². The normalized spacial score (nSPS) is 11.4. The third kappa shape index (κ3) is 3.99. The Morgan fingerprint density at radius 1 is 0.974 bits per heavy atom. The molecule has 5 heterocycles. The van der Waals surface area contributed by atoms with Gasteiger partial charge in [0, 0.05) is 27.5 Å². The molecular formula is C26H16ClN9OS. The molecule has 0 aliphatic rings. The fraction of sp³-hybridized carbons (Fsp3) is 0. The molecule has 38 heavy (non-hydrogen) atoms. The average molecular weight is 538 g/mol. The van der Waals surface area contributed by atoms with Crippen LogP contribution in [0.2, 0.25) is 5.15 Å². The maximum Gasteiger partial charge on any atom is 0.272 e. The lowest BCUT2D eigenvalue weighted by Gasteiger charge is -2.09. The quantitative estimate of drug-likeness (QED) is 0.206. The lowest BCUT2D eigenvalue weighted by atomic mass is 10.1. The van der Waals surface area contributed by atoms with Gasteiger partial charge in [-0.3, -0.25) is 9.89 Å². The van der Waals surface area contributed by atoms with E-state index in [1.54, 1.807) is 29.7 Å². The van der Waals surface area contributed by atoms with Crippen LogP contribution >= 0.6 is 22.9 Å². The number of aromatic amines is 2. The predicted molar refractivity (Wildman–Crippen MR) is 149 cm³/mol. The van der Waals surface area contributed by atoms with Crippen molar-refractivity contribution in [3.63, 3.8) is 0 Å². The van der Waals surface area contributed by atoms with Gasteiger partial charge in [-0.2, -0.15) is 10.2 Å². The molecule has 0 radical (unpaired) electrons. The van der Waals surface area contributed by atoms with Crippen LogP contribution in [0.1, 0.15) is 10.5 Å². The van der Waals surface area contributed by atoms with Crippen molar-refractivity contribution in [2.75, 3.05) is 10.6 Å². The van der Waals surface area contributed by atoms with Gasteiger partial charge in [0.05, 0.1) is 33.8 Å². The third-order valence-corrected chi connectivity index (χ3v) is 7.25. The highest BCUT2D eigenvalue weighted by molar-refractivity contribution is 7.17. The molecule has 7 rings (SSSR count). The Kier molecular flexibility index (Phi) is 5.23. The second kappa shape index (κ2) is 8.91. The number of hydrogen-bond donors (Lipinski definition) is 4. The zero-order valence-corrected chi connectivity index (χ0v) is 20.9. The van der Waals surface area contributed by atoms with Gasteiger partial charge in [0.25, 0.3) is 5.91 Å². The highest BCUT2D eigenvalue weighted by atomic mass is 35.5. The van der Waals surface area contributed by atoms with Gasteiger partial charge in [-0.15, -0.1) is 16.4 Å². The molecule has 0 unspecified atom stereocenters. The number of rotatable bonds is 5. The lowest BCUT2D eigenvalue weighted by molar-refractivity contribution is 0.102. The number of anilines is 3. The fourth-order valence-electron chi connectivity index (χ4n) is 4.22. The van der Waals surface area contributed by atoms with Crippen molar-refractivity contribution in [2.24, 2.45) is 0 Å². The number of H-pyrrole nitrogens is 2. The summed E-state index contributed by atoms with van der Waals surface area (Å²) >= 11 is 7.60. The second-order valence-electron chi connectivity index (χ2n) is 8.50. The summed E-state index contributed by atoms with van der Waals surface area (Å²) in [6.07, 6.45) is 3.25. The molecular weight excluding hydrogens is 522 g/mol. The van der Waals surface area contributed by atoms with Crippen molar-refractivity contribution >= 4 is 78.1 Å². The number of carbonyl (C=O) groups is 1. The number of halogens is 1. The first-order chi connectivity index (χ1) is 18.6. The molecule has 10 nitrogen and oxygen atoms in total. The summed E-state index contributed by atoms with van der Waals surface area (Å²) in [4.78, 5) is 25.6. The monoisotopic (exact) mass is 537 g/mol. The van der Waals surface area contributed by atoms with Crippen molar-refractivity contribution in [1.29, 1.82) is 0 Å². The molecule has 5 aromatic heterocycles. The van der Waals surface area contributed by atoms with Crippen LogP contribution in [0.25, 0.3) is 43.4 Å². The van der Waals surface area contributed by atoms with Crippen LogP contribution in [0.15, 0.2) is 72.4 Å². The van der Waals surface area contributed by atoms with E-state index < -0.39 is 0 Å². The van der Waals surface area contributed by atoms with Gasteiger partial charge >= 0.3 is 0 Å². The van der Waals surface area contributed by atoms with Crippen LogP contribution in [0, 0.1) is 0 Å². The molecule has 2 aromatic carbocycles. The smallest absolute Gasteiger partial charge is 0.272 e. The number of amides is 1.